The number of pyridine rings is 3. The highest BCUT2D eigenvalue weighted by molar-refractivity contribution is 6.05. The maximum Gasteiger partial charge on any atom is 0.272 e. The molecule has 0 radical (unpaired) electrons. The van der Waals surface area contributed by atoms with Crippen LogP contribution in [0, 0.1) is 5.92 Å². The second-order valence-electron chi connectivity index (χ2n) is 13.1. The minimum Gasteiger partial charge on any atom is -0.495 e. The lowest BCUT2D eigenvalue weighted by Gasteiger charge is -2.39. The second kappa shape index (κ2) is 12.9. The average molecular weight is 658 g/mol. The second-order valence-corrected chi connectivity index (χ2v) is 13.1. The summed E-state index contributed by atoms with van der Waals surface area (Å²) in [5.74, 6) is 2.06. The number of hydrogen-bond donors (Lipinski definition) is 2. The Labute approximate surface area is 284 Å². The summed E-state index contributed by atoms with van der Waals surface area (Å²) < 4.78 is 8.10. The molecular weight excluding hydrogens is 618 g/mol. The predicted octanol–water partition coefficient (Wildman–Crippen LogP) is 5.25. The third-order valence-corrected chi connectivity index (χ3v) is 9.75. The van der Waals surface area contributed by atoms with Crippen LogP contribution in [0.1, 0.15) is 47.9 Å². The van der Waals surface area contributed by atoms with E-state index in [-0.39, 0.29) is 23.8 Å². The van der Waals surface area contributed by atoms with Crippen LogP contribution in [0.25, 0.3) is 33.0 Å². The van der Waals surface area contributed by atoms with Crippen molar-refractivity contribution in [2.24, 2.45) is 5.92 Å². The molecule has 3 fully saturated rings. The van der Waals surface area contributed by atoms with Crippen molar-refractivity contribution < 1.29 is 14.3 Å². The molecule has 2 saturated heterocycles. The van der Waals surface area contributed by atoms with Crippen molar-refractivity contribution in [3.8, 4) is 28.0 Å². The van der Waals surface area contributed by atoms with Gasteiger partial charge in [0.25, 0.3) is 5.91 Å². The molecule has 1 saturated carbocycles. The number of carbonyl (C=O) groups excluding carboxylic acids is 2. The number of para-hydroxylation sites is 1. The SMILES string of the molecule is CNc1ncc(-c2cccc(-c3cnn(C4CN(Cc5cccc(C(=O)N6CCCC6)n5)C4)c3)c2OC)c2cc(NC(=O)C3CC3)ncc12. The van der Waals surface area contributed by atoms with Gasteiger partial charge in [-0.15, -0.1) is 0 Å². The lowest BCUT2D eigenvalue weighted by molar-refractivity contribution is -0.117. The quantitative estimate of drug-likeness (QED) is 0.207. The van der Waals surface area contributed by atoms with E-state index in [0.717, 1.165) is 90.6 Å². The summed E-state index contributed by atoms with van der Waals surface area (Å²) in [6.45, 7) is 4.01. The van der Waals surface area contributed by atoms with Crippen molar-refractivity contribution in [2.75, 3.05) is 51.0 Å². The minimum absolute atomic E-state index is 0.0118. The lowest BCUT2D eigenvalue weighted by atomic mass is 9.96. The third kappa shape index (κ3) is 6.08. The van der Waals surface area contributed by atoms with Gasteiger partial charge < -0.3 is 20.3 Å². The van der Waals surface area contributed by atoms with Crippen LogP contribution in [0.3, 0.4) is 0 Å². The van der Waals surface area contributed by atoms with E-state index in [4.69, 9.17) is 9.84 Å². The summed E-state index contributed by atoms with van der Waals surface area (Å²) in [6.07, 6.45) is 11.5. The first-order chi connectivity index (χ1) is 24.0. The fourth-order valence-corrected chi connectivity index (χ4v) is 6.90. The lowest BCUT2D eigenvalue weighted by Crippen LogP contribution is -2.47. The van der Waals surface area contributed by atoms with Crippen LogP contribution >= 0.6 is 0 Å². The first-order valence-electron chi connectivity index (χ1n) is 17.0. The highest BCUT2D eigenvalue weighted by atomic mass is 16.5. The van der Waals surface area contributed by atoms with E-state index < -0.39 is 0 Å². The molecule has 4 aromatic heterocycles. The fraction of sp³-hybridized carbons (Fsp3) is 0.351. The Bertz CT molecular complexity index is 2040. The molecule has 2 N–H and O–H groups in total. The van der Waals surface area contributed by atoms with Gasteiger partial charge in [0.2, 0.25) is 5.91 Å². The molecule has 0 unspecified atom stereocenters. The van der Waals surface area contributed by atoms with Gasteiger partial charge in [0.1, 0.15) is 23.1 Å². The van der Waals surface area contributed by atoms with Gasteiger partial charge in [-0.3, -0.25) is 19.2 Å². The monoisotopic (exact) mass is 657 g/mol. The summed E-state index contributed by atoms with van der Waals surface area (Å²) in [4.78, 5) is 43.5. The summed E-state index contributed by atoms with van der Waals surface area (Å²) in [5, 5.41) is 12.6. The van der Waals surface area contributed by atoms with Crippen molar-refractivity contribution in [1.82, 2.24) is 34.5 Å². The highest BCUT2D eigenvalue weighted by Crippen LogP contribution is 2.42. The minimum atomic E-state index is 0.0118. The molecule has 0 spiro atoms. The standard InChI is InChI=1S/C37H39N9O3/c1-38-35-31-18-39-33(43-36(47)23-11-12-23)15-29(31)30(17-40-35)28-9-6-8-27(34(28)49-2)24-16-41-46(19-24)26-21-44(22-26)20-25-7-5-10-32(42-25)37(48)45-13-3-4-14-45/h5-10,15-19,23,26H,3-4,11-14,20-22H2,1-2H3,(H,38,40)(H,39,43,47). The van der Waals surface area contributed by atoms with Crippen LogP contribution in [0.4, 0.5) is 11.6 Å². The van der Waals surface area contributed by atoms with Gasteiger partial charge in [0, 0.05) is 97.3 Å². The number of aromatic nitrogens is 5. The highest BCUT2D eigenvalue weighted by Gasteiger charge is 2.31. The number of amides is 2. The van der Waals surface area contributed by atoms with Crippen LogP contribution in [-0.4, -0.2) is 86.7 Å². The normalized spacial score (nSPS) is 16.5. The topological polar surface area (TPSA) is 130 Å². The van der Waals surface area contributed by atoms with Gasteiger partial charge in [-0.25, -0.2) is 15.0 Å². The Hall–Kier alpha value is -5.36. The van der Waals surface area contributed by atoms with E-state index in [1.165, 1.54) is 0 Å². The molecule has 6 heterocycles. The number of methoxy groups -OCH3 is 1. The van der Waals surface area contributed by atoms with Crippen LogP contribution in [-0.2, 0) is 11.3 Å². The molecule has 250 valence electrons. The van der Waals surface area contributed by atoms with Gasteiger partial charge >= 0.3 is 0 Å². The van der Waals surface area contributed by atoms with E-state index in [0.29, 0.717) is 29.6 Å². The first kappa shape index (κ1) is 30.9. The zero-order valence-electron chi connectivity index (χ0n) is 27.7. The number of anilines is 2. The van der Waals surface area contributed by atoms with E-state index in [9.17, 15) is 9.59 Å². The number of likely N-dealkylation sites (tertiary alicyclic amines) is 2. The van der Waals surface area contributed by atoms with Gasteiger partial charge in [-0.1, -0.05) is 24.3 Å². The van der Waals surface area contributed by atoms with Crippen LogP contribution in [0.5, 0.6) is 5.75 Å². The summed E-state index contributed by atoms with van der Waals surface area (Å²) in [7, 11) is 3.51. The Morgan fingerprint density at radius 1 is 0.939 bits per heavy atom. The Kier molecular flexibility index (Phi) is 8.16. The Morgan fingerprint density at radius 2 is 1.73 bits per heavy atom. The number of nitrogens with one attached hydrogen (secondary N) is 2. The molecule has 12 heteroatoms. The summed E-state index contributed by atoms with van der Waals surface area (Å²) in [6, 6.07) is 14.0. The number of rotatable bonds is 10. The van der Waals surface area contributed by atoms with Crippen molar-refractivity contribution >= 4 is 34.2 Å². The molecule has 0 atom stereocenters. The zero-order valence-corrected chi connectivity index (χ0v) is 27.7. The zero-order chi connectivity index (χ0) is 33.5. The summed E-state index contributed by atoms with van der Waals surface area (Å²) >= 11 is 0. The number of nitrogens with zero attached hydrogens (tertiary/aromatic N) is 7. The van der Waals surface area contributed by atoms with Gasteiger partial charge in [-0.2, -0.15) is 5.10 Å². The number of fused-ring (bicyclic) bond motifs is 1. The van der Waals surface area contributed by atoms with E-state index in [1.54, 1.807) is 13.3 Å². The molecule has 2 aliphatic heterocycles. The molecule has 12 nitrogen and oxygen atoms in total. The number of ether oxygens (including phenoxy) is 1. The van der Waals surface area contributed by atoms with E-state index in [2.05, 4.69) is 36.7 Å². The molecule has 49 heavy (non-hydrogen) atoms. The van der Waals surface area contributed by atoms with Crippen LogP contribution in [0.2, 0.25) is 0 Å². The molecule has 2 amide bonds. The van der Waals surface area contributed by atoms with Crippen LogP contribution < -0.4 is 15.4 Å². The molecule has 1 aliphatic carbocycles. The fourth-order valence-electron chi connectivity index (χ4n) is 6.90. The number of carbonyl (C=O) groups is 2. The summed E-state index contributed by atoms with van der Waals surface area (Å²) in [5.41, 5.74) is 5.07. The van der Waals surface area contributed by atoms with Crippen molar-refractivity contribution in [3.63, 3.8) is 0 Å². The molecular formula is C37H39N9O3. The molecule has 0 bridgehead atoms. The van der Waals surface area contributed by atoms with Gasteiger partial charge in [0.05, 0.1) is 25.0 Å². The van der Waals surface area contributed by atoms with Gasteiger partial charge in [-0.05, 0) is 43.9 Å². The smallest absolute Gasteiger partial charge is 0.272 e. The van der Waals surface area contributed by atoms with Crippen molar-refractivity contribution in [3.05, 3.63) is 78.6 Å². The molecule has 8 rings (SSSR count). The third-order valence-electron chi connectivity index (χ3n) is 9.75. The van der Waals surface area contributed by atoms with Crippen molar-refractivity contribution in [2.45, 2.75) is 38.3 Å². The van der Waals surface area contributed by atoms with Crippen molar-refractivity contribution in [1.29, 1.82) is 0 Å². The number of hydrogen-bond acceptors (Lipinski definition) is 9. The Morgan fingerprint density at radius 3 is 2.51 bits per heavy atom. The first-order valence-corrected chi connectivity index (χ1v) is 17.0. The maximum absolute atomic E-state index is 12.8. The Balaban J connectivity index is 1.01. The predicted molar refractivity (Wildman–Crippen MR) is 187 cm³/mol. The average Bonchev–Trinajstić information content (AvgIpc) is 3.60. The van der Waals surface area contributed by atoms with E-state index >= 15 is 0 Å². The largest absolute Gasteiger partial charge is 0.495 e. The molecule has 3 aliphatic rings. The number of benzene rings is 1. The molecule has 1 aromatic carbocycles. The van der Waals surface area contributed by atoms with E-state index in [1.807, 2.05) is 71.5 Å². The van der Waals surface area contributed by atoms with Gasteiger partial charge in [0.15, 0.2) is 0 Å². The maximum atomic E-state index is 12.8. The van der Waals surface area contributed by atoms with Crippen LogP contribution in [0.15, 0.2) is 67.3 Å². The molecule has 5 aromatic rings.